The molecule has 1 N–H and O–H groups in total. The van der Waals surface area contributed by atoms with Crippen LogP contribution in [0.5, 0.6) is 5.75 Å². The molecule has 1 unspecified atom stereocenters. The number of benzene rings is 2. The Morgan fingerprint density at radius 1 is 1.17 bits per heavy atom. The number of nitrogens with zero attached hydrogens (tertiary/aromatic N) is 3. The molecule has 0 saturated carbocycles. The Balaban J connectivity index is 1.77. The van der Waals surface area contributed by atoms with Gasteiger partial charge in [0.15, 0.2) is 21.4 Å². The molecule has 3 aromatic rings. The molecule has 2 aliphatic rings. The highest BCUT2D eigenvalue weighted by Crippen LogP contribution is 2.43. The minimum absolute atomic E-state index is 0.0479. The highest BCUT2D eigenvalue weighted by molar-refractivity contribution is 7.91. The van der Waals surface area contributed by atoms with E-state index in [1.54, 1.807) is 36.1 Å². The van der Waals surface area contributed by atoms with Gasteiger partial charge in [-0.05, 0) is 42.8 Å². The number of aryl methyl sites for hydroxylation is 1. The van der Waals surface area contributed by atoms with Crippen LogP contribution in [0.25, 0.3) is 22.6 Å². The highest BCUT2D eigenvalue weighted by Gasteiger charge is 2.49. The maximum atomic E-state index is 12.9. The zero-order valence-electron chi connectivity index (χ0n) is 16.5. The first-order valence-electron chi connectivity index (χ1n) is 9.57. The SMILES string of the molecule is COc1ccc(-c2nn3c(nc2=O)-c2cccc(C)c2NC32CCS(=O)(=O)C2)cc1. The van der Waals surface area contributed by atoms with Crippen molar-refractivity contribution in [2.75, 3.05) is 23.9 Å². The van der Waals surface area contributed by atoms with Crippen LogP contribution in [0.3, 0.4) is 0 Å². The first kappa shape index (κ1) is 18.8. The van der Waals surface area contributed by atoms with Crippen LogP contribution in [-0.4, -0.2) is 41.8 Å². The zero-order valence-corrected chi connectivity index (χ0v) is 17.4. The predicted molar refractivity (Wildman–Crippen MR) is 113 cm³/mol. The van der Waals surface area contributed by atoms with Crippen molar-refractivity contribution in [2.24, 2.45) is 0 Å². The number of sulfone groups is 1. The average molecular weight is 424 g/mol. The first-order chi connectivity index (χ1) is 14.3. The van der Waals surface area contributed by atoms with Crippen LogP contribution in [0.2, 0.25) is 0 Å². The number of aromatic nitrogens is 3. The molecule has 30 heavy (non-hydrogen) atoms. The maximum Gasteiger partial charge on any atom is 0.300 e. The van der Waals surface area contributed by atoms with Gasteiger partial charge in [0.1, 0.15) is 11.4 Å². The van der Waals surface area contributed by atoms with Crippen LogP contribution < -0.4 is 15.6 Å². The fourth-order valence-corrected chi connectivity index (χ4v) is 6.05. The third-order valence-corrected chi connectivity index (χ3v) is 7.48. The lowest BCUT2D eigenvalue weighted by Crippen LogP contribution is -2.48. The molecular weight excluding hydrogens is 404 g/mol. The lowest BCUT2D eigenvalue weighted by molar-refractivity contribution is 0.331. The second-order valence-electron chi connectivity index (χ2n) is 7.73. The van der Waals surface area contributed by atoms with Gasteiger partial charge in [-0.15, -0.1) is 0 Å². The van der Waals surface area contributed by atoms with Gasteiger partial charge < -0.3 is 10.1 Å². The van der Waals surface area contributed by atoms with Crippen molar-refractivity contribution in [1.29, 1.82) is 0 Å². The number of anilines is 1. The molecular formula is C21H20N4O4S. The second kappa shape index (κ2) is 6.40. The minimum Gasteiger partial charge on any atom is -0.497 e. The molecule has 5 rings (SSSR count). The molecule has 0 aliphatic carbocycles. The molecule has 154 valence electrons. The predicted octanol–water partition coefficient (Wildman–Crippen LogP) is 2.19. The summed E-state index contributed by atoms with van der Waals surface area (Å²) in [4.78, 5) is 17.3. The third kappa shape index (κ3) is 2.80. The topological polar surface area (TPSA) is 103 Å². The Morgan fingerprint density at radius 2 is 1.93 bits per heavy atom. The smallest absolute Gasteiger partial charge is 0.300 e. The van der Waals surface area contributed by atoms with E-state index in [1.165, 1.54) is 0 Å². The van der Waals surface area contributed by atoms with E-state index in [4.69, 9.17) is 4.74 Å². The maximum absolute atomic E-state index is 12.9. The molecule has 1 atom stereocenters. The van der Waals surface area contributed by atoms with Crippen molar-refractivity contribution in [3.8, 4) is 28.4 Å². The fraction of sp³-hybridized carbons (Fsp3) is 0.286. The molecule has 1 spiro atoms. The fourth-order valence-electron chi connectivity index (χ4n) is 4.19. The van der Waals surface area contributed by atoms with Gasteiger partial charge in [0, 0.05) is 23.2 Å². The summed E-state index contributed by atoms with van der Waals surface area (Å²) in [5, 5.41) is 8.07. The van der Waals surface area contributed by atoms with Gasteiger partial charge in [0.05, 0.1) is 18.6 Å². The number of hydrogen-bond donors (Lipinski definition) is 1. The molecule has 0 bridgehead atoms. The average Bonchev–Trinajstić information content (AvgIpc) is 3.04. The third-order valence-electron chi connectivity index (χ3n) is 5.74. The first-order valence-corrected chi connectivity index (χ1v) is 11.4. The molecule has 0 amide bonds. The van der Waals surface area contributed by atoms with Crippen molar-refractivity contribution in [2.45, 2.75) is 19.0 Å². The standard InChI is InChI=1S/C21H20N4O4S/c1-13-4-3-5-16-17(13)23-21(10-11-30(27,28)12-21)25-19(16)22-20(26)18(24-25)14-6-8-15(29-2)9-7-14/h3-9,23H,10-12H2,1-2H3. The minimum atomic E-state index is -3.25. The largest absolute Gasteiger partial charge is 0.497 e. The molecule has 3 heterocycles. The second-order valence-corrected chi connectivity index (χ2v) is 9.91. The van der Waals surface area contributed by atoms with E-state index in [9.17, 15) is 13.2 Å². The Labute approximate surface area is 173 Å². The normalized spacial score (nSPS) is 21.0. The Morgan fingerprint density at radius 3 is 2.60 bits per heavy atom. The van der Waals surface area contributed by atoms with Crippen LogP contribution in [0.4, 0.5) is 5.69 Å². The summed E-state index contributed by atoms with van der Waals surface area (Å²) in [6.07, 6.45) is 0.343. The van der Waals surface area contributed by atoms with E-state index in [1.807, 2.05) is 25.1 Å². The highest BCUT2D eigenvalue weighted by atomic mass is 32.2. The Bertz CT molecular complexity index is 1330. The number of nitrogens with one attached hydrogen (secondary N) is 1. The van der Waals surface area contributed by atoms with Gasteiger partial charge in [-0.2, -0.15) is 10.1 Å². The summed E-state index contributed by atoms with van der Waals surface area (Å²) in [6, 6.07) is 12.6. The summed E-state index contributed by atoms with van der Waals surface area (Å²) >= 11 is 0. The number of para-hydroxylation sites is 1. The summed E-state index contributed by atoms with van der Waals surface area (Å²) in [5.41, 5.74) is 1.80. The number of rotatable bonds is 2. The molecule has 2 aromatic carbocycles. The van der Waals surface area contributed by atoms with Crippen LogP contribution >= 0.6 is 0 Å². The Kier molecular flexibility index (Phi) is 4.01. The molecule has 1 fully saturated rings. The van der Waals surface area contributed by atoms with E-state index < -0.39 is 21.1 Å². The van der Waals surface area contributed by atoms with E-state index in [0.717, 1.165) is 16.8 Å². The van der Waals surface area contributed by atoms with Gasteiger partial charge in [-0.25, -0.2) is 13.1 Å². The van der Waals surface area contributed by atoms with Gasteiger partial charge in [-0.1, -0.05) is 12.1 Å². The summed E-state index contributed by atoms with van der Waals surface area (Å²) in [7, 11) is -1.69. The van der Waals surface area contributed by atoms with Crippen molar-refractivity contribution < 1.29 is 13.2 Å². The molecule has 0 radical (unpaired) electrons. The monoisotopic (exact) mass is 424 g/mol. The number of fused-ring (bicyclic) bond motifs is 4. The molecule has 1 aromatic heterocycles. The summed E-state index contributed by atoms with van der Waals surface area (Å²) in [5.74, 6) is 0.980. The van der Waals surface area contributed by atoms with Crippen molar-refractivity contribution in [3.05, 3.63) is 58.4 Å². The quantitative estimate of drug-likeness (QED) is 0.673. The number of ether oxygens (including phenoxy) is 1. The van der Waals surface area contributed by atoms with Crippen LogP contribution in [0.1, 0.15) is 12.0 Å². The van der Waals surface area contributed by atoms with E-state index in [0.29, 0.717) is 23.6 Å². The zero-order chi connectivity index (χ0) is 21.1. The lowest BCUT2D eigenvalue weighted by atomic mass is 9.99. The summed E-state index contributed by atoms with van der Waals surface area (Å²) in [6.45, 7) is 1.94. The Hall–Kier alpha value is -3.20. The van der Waals surface area contributed by atoms with Gasteiger partial charge in [-0.3, -0.25) is 4.79 Å². The van der Waals surface area contributed by atoms with Crippen LogP contribution in [0.15, 0.2) is 47.3 Å². The number of methoxy groups -OCH3 is 1. The molecule has 9 heteroatoms. The molecule has 8 nitrogen and oxygen atoms in total. The number of hydrogen-bond acceptors (Lipinski definition) is 7. The van der Waals surface area contributed by atoms with Gasteiger partial charge in [0.2, 0.25) is 0 Å². The lowest BCUT2D eigenvalue weighted by Gasteiger charge is -2.38. The van der Waals surface area contributed by atoms with Crippen LogP contribution in [-0.2, 0) is 15.5 Å². The van der Waals surface area contributed by atoms with E-state index in [2.05, 4.69) is 15.4 Å². The summed E-state index contributed by atoms with van der Waals surface area (Å²) < 4.78 is 31.6. The molecule has 1 saturated heterocycles. The van der Waals surface area contributed by atoms with Crippen LogP contribution in [0, 0.1) is 6.92 Å². The van der Waals surface area contributed by atoms with Crippen molar-refractivity contribution in [3.63, 3.8) is 0 Å². The van der Waals surface area contributed by atoms with E-state index >= 15 is 0 Å². The van der Waals surface area contributed by atoms with Crippen molar-refractivity contribution >= 4 is 15.5 Å². The van der Waals surface area contributed by atoms with Crippen molar-refractivity contribution in [1.82, 2.24) is 14.8 Å². The van der Waals surface area contributed by atoms with Gasteiger partial charge in [0.25, 0.3) is 5.56 Å². The molecule has 2 aliphatic heterocycles. The van der Waals surface area contributed by atoms with Gasteiger partial charge >= 0.3 is 0 Å². The van der Waals surface area contributed by atoms with E-state index in [-0.39, 0.29) is 17.2 Å².